The third-order valence-electron chi connectivity index (χ3n) is 2.40. The molecule has 2 N–H and O–H groups in total. The predicted molar refractivity (Wildman–Crippen MR) is 62.9 cm³/mol. The summed E-state index contributed by atoms with van der Waals surface area (Å²) in [5, 5.41) is 12.4. The van der Waals surface area contributed by atoms with E-state index in [1.807, 2.05) is 0 Å². The van der Waals surface area contributed by atoms with Crippen LogP contribution in [0.1, 0.15) is 11.3 Å². The first-order valence-corrected chi connectivity index (χ1v) is 6.79. The minimum Gasteiger partial charge on any atom is -0.392 e. The number of aromatic nitrogens is 1. The lowest BCUT2D eigenvalue weighted by atomic mass is 10.2. The zero-order valence-electron chi connectivity index (χ0n) is 9.71. The highest BCUT2D eigenvalue weighted by Gasteiger charge is 2.19. The molecule has 0 aliphatic carbocycles. The highest BCUT2D eigenvalue weighted by molar-refractivity contribution is 7.89. The Hall–Kier alpha value is -1.77. The van der Waals surface area contributed by atoms with Gasteiger partial charge in [0.15, 0.2) is 0 Å². The van der Waals surface area contributed by atoms with Crippen LogP contribution in [-0.2, 0) is 23.2 Å². The molecule has 1 aromatic heterocycles. The third kappa shape index (κ3) is 3.16. The molecule has 19 heavy (non-hydrogen) atoms. The number of hydrogen-bond acceptors (Lipinski definition) is 5. The van der Waals surface area contributed by atoms with E-state index in [0.29, 0.717) is 11.3 Å². The van der Waals surface area contributed by atoms with Crippen molar-refractivity contribution >= 4 is 10.0 Å². The van der Waals surface area contributed by atoms with Crippen molar-refractivity contribution in [3.8, 4) is 0 Å². The lowest BCUT2D eigenvalue weighted by Gasteiger charge is -2.07. The number of sulfonamides is 1. The largest absolute Gasteiger partial charge is 0.392 e. The zero-order chi connectivity index (χ0) is 13.9. The van der Waals surface area contributed by atoms with Crippen LogP contribution in [0.3, 0.4) is 0 Å². The van der Waals surface area contributed by atoms with Crippen molar-refractivity contribution in [1.82, 2.24) is 9.88 Å². The average Bonchev–Trinajstić information content (AvgIpc) is 2.89. The van der Waals surface area contributed by atoms with Gasteiger partial charge >= 0.3 is 0 Å². The molecule has 102 valence electrons. The third-order valence-corrected chi connectivity index (χ3v) is 3.84. The molecular weight excluding hydrogens is 275 g/mol. The second-order valence-corrected chi connectivity index (χ2v) is 5.47. The van der Waals surface area contributed by atoms with Gasteiger partial charge in [0, 0.05) is 6.07 Å². The molecule has 0 radical (unpaired) electrons. The molecule has 6 nitrogen and oxygen atoms in total. The van der Waals surface area contributed by atoms with Crippen LogP contribution in [0.15, 0.2) is 39.9 Å². The molecule has 2 rings (SSSR count). The minimum absolute atomic E-state index is 0.0972. The summed E-state index contributed by atoms with van der Waals surface area (Å²) in [4.78, 5) is -0.479. The summed E-state index contributed by atoms with van der Waals surface area (Å²) in [5.41, 5.74) is 0.684. The Morgan fingerprint density at radius 1 is 1.37 bits per heavy atom. The summed E-state index contributed by atoms with van der Waals surface area (Å²) in [6.45, 7) is -0.455. The molecule has 0 bridgehead atoms. The molecule has 0 unspecified atom stereocenters. The van der Waals surface area contributed by atoms with Crippen molar-refractivity contribution in [3.63, 3.8) is 0 Å². The summed E-state index contributed by atoms with van der Waals surface area (Å²) in [6.07, 6.45) is 1.31. The summed E-state index contributed by atoms with van der Waals surface area (Å²) < 4.78 is 44.1. The first-order chi connectivity index (χ1) is 9.03. The minimum atomic E-state index is -3.98. The van der Waals surface area contributed by atoms with Gasteiger partial charge in [0.05, 0.1) is 18.8 Å². The Kier molecular flexibility index (Phi) is 3.93. The van der Waals surface area contributed by atoms with Crippen molar-refractivity contribution in [2.75, 3.05) is 0 Å². The fraction of sp³-hybridized carbons (Fsp3) is 0.182. The van der Waals surface area contributed by atoms with E-state index in [2.05, 4.69) is 14.4 Å². The predicted octanol–water partition coefficient (Wildman–Crippen LogP) is 0.785. The van der Waals surface area contributed by atoms with Crippen LogP contribution in [0.4, 0.5) is 4.39 Å². The smallest absolute Gasteiger partial charge is 0.243 e. The number of aliphatic hydroxyl groups excluding tert-OH is 1. The van der Waals surface area contributed by atoms with E-state index >= 15 is 0 Å². The maximum absolute atomic E-state index is 13.6. The normalized spacial score (nSPS) is 11.7. The van der Waals surface area contributed by atoms with Crippen LogP contribution in [0.25, 0.3) is 0 Å². The van der Waals surface area contributed by atoms with E-state index in [9.17, 15) is 12.8 Å². The van der Waals surface area contributed by atoms with Gasteiger partial charge in [0.2, 0.25) is 10.0 Å². The Morgan fingerprint density at radius 3 is 2.74 bits per heavy atom. The van der Waals surface area contributed by atoms with Crippen LogP contribution in [0, 0.1) is 5.82 Å². The second kappa shape index (κ2) is 5.47. The maximum Gasteiger partial charge on any atom is 0.243 e. The molecule has 0 aliphatic rings. The van der Waals surface area contributed by atoms with Gasteiger partial charge in [-0.3, -0.25) is 0 Å². The number of halogens is 1. The van der Waals surface area contributed by atoms with E-state index in [4.69, 9.17) is 5.11 Å². The van der Waals surface area contributed by atoms with Crippen molar-refractivity contribution < 1.29 is 22.4 Å². The molecule has 0 amide bonds. The summed E-state index contributed by atoms with van der Waals surface area (Å²) in [5.74, 6) is -0.917. The Bertz CT molecular complexity index is 655. The SMILES string of the molecule is O=S(=O)(NCc1ccon1)c1ccc(CO)cc1F. The number of aliphatic hydroxyl groups is 1. The van der Waals surface area contributed by atoms with Gasteiger partial charge < -0.3 is 9.63 Å². The van der Waals surface area contributed by atoms with Gasteiger partial charge in [-0.25, -0.2) is 17.5 Å². The molecule has 1 heterocycles. The van der Waals surface area contributed by atoms with Crippen LogP contribution >= 0.6 is 0 Å². The lowest BCUT2D eigenvalue weighted by molar-refractivity contribution is 0.281. The Labute approximate surface area is 108 Å². The molecule has 0 saturated carbocycles. The molecule has 2 aromatic rings. The molecule has 0 spiro atoms. The number of hydrogen-bond donors (Lipinski definition) is 2. The second-order valence-electron chi connectivity index (χ2n) is 3.74. The van der Waals surface area contributed by atoms with Crippen LogP contribution < -0.4 is 4.72 Å². The molecule has 0 aliphatic heterocycles. The molecule has 0 fully saturated rings. The highest BCUT2D eigenvalue weighted by Crippen LogP contribution is 2.16. The number of nitrogens with zero attached hydrogens (tertiary/aromatic N) is 1. The molecule has 0 atom stereocenters. The molecule has 8 heteroatoms. The van der Waals surface area contributed by atoms with E-state index in [0.717, 1.165) is 12.1 Å². The number of rotatable bonds is 5. The Balaban J connectivity index is 2.19. The lowest BCUT2D eigenvalue weighted by Crippen LogP contribution is -2.24. The van der Waals surface area contributed by atoms with Crippen molar-refractivity contribution in [1.29, 1.82) is 0 Å². The van der Waals surface area contributed by atoms with Gasteiger partial charge in [0.1, 0.15) is 17.0 Å². The van der Waals surface area contributed by atoms with E-state index in [1.165, 1.54) is 18.4 Å². The average molecular weight is 286 g/mol. The summed E-state index contributed by atoms with van der Waals surface area (Å²) in [7, 11) is -3.98. The van der Waals surface area contributed by atoms with Crippen molar-refractivity contribution in [2.24, 2.45) is 0 Å². The van der Waals surface area contributed by atoms with Crippen LogP contribution in [0.5, 0.6) is 0 Å². The first-order valence-electron chi connectivity index (χ1n) is 5.31. The van der Waals surface area contributed by atoms with E-state index in [1.54, 1.807) is 0 Å². The number of nitrogens with one attached hydrogen (secondary N) is 1. The summed E-state index contributed by atoms with van der Waals surface area (Å²) >= 11 is 0. The van der Waals surface area contributed by atoms with Crippen LogP contribution in [0.2, 0.25) is 0 Å². The van der Waals surface area contributed by atoms with E-state index < -0.39 is 20.7 Å². The van der Waals surface area contributed by atoms with Gasteiger partial charge in [-0.1, -0.05) is 11.2 Å². The highest BCUT2D eigenvalue weighted by atomic mass is 32.2. The van der Waals surface area contributed by atoms with Gasteiger partial charge in [-0.05, 0) is 17.7 Å². The molecular formula is C11H11FN2O4S. The van der Waals surface area contributed by atoms with Gasteiger partial charge in [-0.15, -0.1) is 0 Å². The Morgan fingerprint density at radius 2 is 2.16 bits per heavy atom. The number of benzene rings is 1. The van der Waals surface area contributed by atoms with Crippen LogP contribution in [-0.4, -0.2) is 18.7 Å². The monoisotopic (exact) mass is 286 g/mol. The zero-order valence-corrected chi connectivity index (χ0v) is 10.5. The first kappa shape index (κ1) is 13.7. The fourth-order valence-corrected chi connectivity index (χ4v) is 2.49. The molecule has 0 saturated heterocycles. The summed E-state index contributed by atoms with van der Waals surface area (Å²) in [6, 6.07) is 4.91. The van der Waals surface area contributed by atoms with Gasteiger partial charge in [0.25, 0.3) is 0 Å². The van der Waals surface area contributed by atoms with E-state index in [-0.39, 0.29) is 13.2 Å². The quantitative estimate of drug-likeness (QED) is 0.847. The standard InChI is InChI=1S/C11H11FN2O4S/c12-10-5-8(7-15)1-2-11(10)19(16,17)13-6-9-3-4-18-14-9/h1-5,13,15H,6-7H2. The molecule has 1 aromatic carbocycles. The van der Waals surface area contributed by atoms with Gasteiger partial charge in [-0.2, -0.15) is 0 Å². The van der Waals surface area contributed by atoms with Crippen molar-refractivity contribution in [2.45, 2.75) is 18.0 Å². The maximum atomic E-state index is 13.6. The fourth-order valence-electron chi connectivity index (χ4n) is 1.44. The van der Waals surface area contributed by atoms with Crippen molar-refractivity contribution in [3.05, 3.63) is 47.6 Å². The topological polar surface area (TPSA) is 92.4 Å².